The maximum absolute atomic E-state index is 12.9. The van der Waals surface area contributed by atoms with Gasteiger partial charge in [0.05, 0.1) is 22.6 Å². The van der Waals surface area contributed by atoms with Crippen molar-refractivity contribution in [2.45, 2.75) is 6.17 Å². The van der Waals surface area contributed by atoms with Crippen LogP contribution in [0.2, 0.25) is 0 Å². The number of carbonyl (C=O) groups is 1. The van der Waals surface area contributed by atoms with Crippen LogP contribution in [0.25, 0.3) is 10.4 Å². The van der Waals surface area contributed by atoms with Crippen molar-refractivity contribution in [2.24, 2.45) is 0 Å². The number of amides is 1. The lowest BCUT2D eigenvalue weighted by Crippen LogP contribution is -2.42. The van der Waals surface area contributed by atoms with Gasteiger partial charge in [-0.3, -0.25) is 14.9 Å². The summed E-state index contributed by atoms with van der Waals surface area (Å²) in [6, 6.07) is 17.6. The molecule has 2 aromatic carbocycles. The quantitative estimate of drug-likeness (QED) is 0.404. The van der Waals surface area contributed by atoms with Crippen LogP contribution in [0.4, 0.5) is 11.4 Å². The molecule has 1 N–H and O–H groups in total. The van der Waals surface area contributed by atoms with E-state index in [2.05, 4.69) is 11.2 Å². The lowest BCUT2D eigenvalue weighted by molar-refractivity contribution is -0.384. The molecule has 1 amide bonds. The molecule has 0 fully saturated rings. The lowest BCUT2D eigenvalue weighted by Gasteiger charge is -2.36. The molecule has 0 aliphatic carbocycles. The van der Waals surface area contributed by atoms with Gasteiger partial charge >= 0.3 is 0 Å². The Labute approximate surface area is 165 Å². The van der Waals surface area contributed by atoms with Crippen molar-refractivity contribution >= 4 is 28.6 Å². The number of hydrogen-bond acceptors (Lipinski definition) is 5. The summed E-state index contributed by atoms with van der Waals surface area (Å²) in [5.41, 5.74) is 1.92. The summed E-state index contributed by atoms with van der Waals surface area (Å²) in [4.78, 5) is 27.1. The molecular weight excluding hydrogens is 374 g/mol. The highest BCUT2D eigenvalue weighted by atomic mass is 32.1. The first-order valence-corrected chi connectivity index (χ1v) is 9.35. The van der Waals surface area contributed by atoms with E-state index in [9.17, 15) is 14.9 Å². The molecule has 138 valence electrons. The second-order valence-corrected chi connectivity index (χ2v) is 7.32. The van der Waals surface area contributed by atoms with Crippen molar-refractivity contribution in [3.05, 3.63) is 81.2 Å². The van der Waals surface area contributed by atoms with Crippen molar-refractivity contribution < 1.29 is 9.72 Å². The molecule has 4 rings (SSSR count). The van der Waals surface area contributed by atoms with Crippen LogP contribution in [0.5, 0.6) is 0 Å². The molecule has 7 heteroatoms. The average molecular weight is 389 g/mol. The third kappa shape index (κ3) is 3.00. The average Bonchev–Trinajstić information content (AvgIpc) is 3.20. The Morgan fingerprint density at radius 3 is 2.57 bits per heavy atom. The van der Waals surface area contributed by atoms with Crippen LogP contribution >= 0.6 is 11.3 Å². The molecular formula is C21H15N3O3S. The van der Waals surface area contributed by atoms with Gasteiger partial charge in [-0.1, -0.05) is 30.2 Å². The molecule has 2 heterocycles. The Morgan fingerprint density at radius 1 is 1.11 bits per heavy atom. The summed E-state index contributed by atoms with van der Waals surface area (Å²) in [6.07, 6.45) is 5.06. The SMILES string of the molecule is C#CCN1C(=O)c2ccccc2N[C@H]1c1ccc(-c2ccccc2[N+](=O)[O-])s1. The van der Waals surface area contributed by atoms with Gasteiger partial charge in [0, 0.05) is 21.5 Å². The largest absolute Gasteiger partial charge is 0.360 e. The van der Waals surface area contributed by atoms with Crippen molar-refractivity contribution in [1.29, 1.82) is 0 Å². The molecule has 6 nitrogen and oxygen atoms in total. The van der Waals surface area contributed by atoms with Crippen LogP contribution in [-0.4, -0.2) is 22.3 Å². The Bertz CT molecular complexity index is 1120. The molecule has 1 atom stereocenters. The molecule has 0 saturated carbocycles. The fraction of sp³-hybridized carbons (Fsp3) is 0.0952. The van der Waals surface area contributed by atoms with Crippen molar-refractivity contribution in [1.82, 2.24) is 4.90 Å². The second kappa shape index (κ2) is 7.18. The summed E-state index contributed by atoms with van der Waals surface area (Å²) in [7, 11) is 0. The van der Waals surface area contributed by atoms with Gasteiger partial charge in [-0.2, -0.15) is 0 Å². The van der Waals surface area contributed by atoms with Gasteiger partial charge in [0.15, 0.2) is 0 Å². The van der Waals surface area contributed by atoms with Gasteiger partial charge in [-0.05, 0) is 30.3 Å². The number of carbonyl (C=O) groups excluding carboxylic acids is 1. The molecule has 1 aliphatic heterocycles. The number of anilines is 1. The van der Waals surface area contributed by atoms with E-state index >= 15 is 0 Å². The minimum absolute atomic E-state index is 0.0504. The number of terminal acetylenes is 1. The van der Waals surface area contributed by atoms with E-state index < -0.39 is 11.1 Å². The first-order valence-electron chi connectivity index (χ1n) is 8.53. The number of nitro groups is 1. The van der Waals surface area contributed by atoms with Gasteiger partial charge in [-0.25, -0.2) is 0 Å². The Hall–Kier alpha value is -3.63. The highest BCUT2D eigenvalue weighted by Crippen LogP contribution is 2.40. The number of thiophene rings is 1. The number of nitrogens with zero attached hydrogens (tertiary/aromatic N) is 2. The van der Waals surface area contributed by atoms with Crippen LogP contribution in [0, 0.1) is 22.5 Å². The lowest BCUT2D eigenvalue weighted by atomic mass is 10.1. The first kappa shape index (κ1) is 17.8. The van der Waals surface area contributed by atoms with Crippen molar-refractivity contribution in [3.63, 3.8) is 0 Å². The zero-order valence-electron chi connectivity index (χ0n) is 14.7. The van der Waals surface area contributed by atoms with Crippen LogP contribution in [0.1, 0.15) is 21.4 Å². The molecule has 28 heavy (non-hydrogen) atoms. The number of nitro benzene ring substituents is 1. The van der Waals surface area contributed by atoms with E-state index in [-0.39, 0.29) is 18.1 Å². The highest BCUT2D eigenvalue weighted by Gasteiger charge is 2.33. The first-order chi connectivity index (χ1) is 13.6. The number of benzene rings is 2. The van der Waals surface area contributed by atoms with Gasteiger partial charge < -0.3 is 10.2 Å². The monoisotopic (exact) mass is 389 g/mol. The smallest absolute Gasteiger partial charge is 0.278 e. The molecule has 0 unspecified atom stereocenters. The van der Waals surface area contributed by atoms with E-state index in [1.807, 2.05) is 30.3 Å². The van der Waals surface area contributed by atoms with E-state index in [4.69, 9.17) is 6.42 Å². The predicted octanol–water partition coefficient (Wildman–Crippen LogP) is 4.52. The fourth-order valence-corrected chi connectivity index (χ4v) is 4.37. The summed E-state index contributed by atoms with van der Waals surface area (Å²) >= 11 is 1.40. The summed E-state index contributed by atoms with van der Waals surface area (Å²) in [5.74, 6) is 2.40. The summed E-state index contributed by atoms with van der Waals surface area (Å²) < 4.78 is 0. The maximum atomic E-state index is 12.9. The second-order valence-electron chi connectivity index (χ2n) is 6.21. The van der Waals surface area contributed by atoms with E-state index in [0.717, 1.165) is 15.4 Å². The summed E-state index contributed by atoms with van der Waals surface area (Å²) in [6.45, 7) is 0.156. The number of nitrogens with one attached hydrogen (secondary N) is 1. The molecule has 1 aromatic heterocycles. The van der Waals surface area contributed by atoms with Crippen LogP contribution < -0.4 is 5.32 Å². The molecule has 0 radical (unpaired) electrons. The van der Waals surface area contributed by atoms with E-state index in [1.165, 1.54) is 17.4 Å². The maximum Gasteiger partial charge on any atom is 0.278 e. The van der Waals surface area contributed by atoms with Gasteiger partial charge in [0.2, 0.25) is 0 Å². The molecule has 0 bridgehead atoms. The fourth-order valence-electron chi connectivity index (χ4n) is 3.26. The minimum Gasteiger partial charge on any atom is -0.360 e. The van der Waals surface area contributed by atoms with Gasteiger partial charge in [0.25, 0.3) is 11.6 Å². The van der Waals surface area contributed by atoms with E-state index in [0.29, 0.717) is 11.1 Å². The zero-order valence-corrected chi connectivity index (χ0v) is 15.5. The van der Waals surface area contributed by atoms with Crippen LogP contribution in [-0.2, 0) is 0 Å². The number of para-hydroxylation sites is 2. The van der Waals surface area contributed by atoms with E-state index in [1.54, 1.807) is 29.2 Å². The molecule has 1 aliphatic rings. The zero-order chi connectivity index (χ0) is 19.7. The predicted molar refractivity (Wildman–Crippen MR) is 109 cm³/mol. The molecule has 0 spiro atoms. The Morgan fingerprint density at radius 2 is 1.82 bits per heavy atom. The third-order valence-corrected chi connectivity index (χ3v) is 5.72. The Kier molecular flexibility index (Phi) is 4.55. The Balaban J connectivity index is 1.75. The molecule has 3 aromatic rings. The molecule has 0 saturated heterocycles. The van der Waals surface area contributed by atoms with Gasteiger partial charge in [-0.15, -0.1) is 17.8 Å². The van der Waals surface area contributed by atoms with Crippen molar-refractivity contribution in [3.8, 4) is 22.8 Å². The van der Waals surface area contributed by atoms with Crippen molar-refractivity contribution in [2.75, 3.05) is 11.9 Å². The highest BCUT2D eigenvalue weighted by molar-refractivity contribution is 7.15. The minimum atomic E-state index is -0.431. The summed E-state index contributed by atoms with van der Waals surface area (Å²) in [5, 5.41) is 14.7. The standard InChI is InChI=1S/C21H15N3O3S/c1-2-13-23-20(22-16-9-5-3-7-14(16)21(23)25)19-12-11-18(28-19)15-8-4-6-10-17(15)24(26)27/h1,3-12,20,22H,13H2/t20-/m1/s1. The number of hydrogen-bond donors (Lipinski definition) is 1. The van der Waals surface area contributed by atoms with Crippen LogP contribution in [0.15, 0.2) is 60.7 Å². The third-order valence-electron chi connectivity index (χ3n) is 4.55. The number of fused-ring (bicyclic) bond motifs is 1. The normalized spacial score (nSPS) is 15.5. The number of rotatable bonds is 4. The van der Waals surface area contributed by atoms with Gasteiger partial charge in [0.1, 0.15) is 6.17 Å². The van der Waals surface area contributed by atoms with Crippen LogP contribution in [0.3, 0.4) is 0 Å². The topological polar surface area (TPSA) is 75.5 Å².